The number of hydrogen-bond acceptors (Lipinski definition) is 5. The van der Waals surface area contributed by atoms with Gasteiger partial charge >= 0.3 is 0 Å². The number of ether oxygens (including phenoxy) is 1. The first-order valence-electron chi connectivity index (χ1n) is 12.2. The van der Waals surface area contributed by atoms with Crippen molar-refractivity contribution in [1.29, 1.82) is 0 Å². The average molecular weight is 580 g/mol. The van der Waals surface area contributed by atoms with Crippen molar-refractivity contribution in [3.8, 4) is 5.75 Å². The second kappa shape index (κ2) is 10.9. The van der Waals surface area contributed by atoms with Gasteiger partial charge in [0.05, 0.1) is 17.5 Å². The van der Waals surface area contributed by atoms with Crippen LogP contribution in [0.2, 0.25) is 10.0 Å². The van der Waals surface area contributed by atoms with E-state index in [2.05, 4.69) is 0 Å². The molecule has 0 spiro atoms. The molecule has 1 fully saturated rings. The lowest BCUT2D eigenvalue weighted by Gasteiger charge is -2.37. The van der Waals surface area contributed by atoms with Gasteiger partial charge in [-0.25, -0.2) is 8.42 Å². The molecule has 1 aliphatic carbocycles. The quantitative estimate of drug-likeness (QED) is 0.314. The van der Waals surface area contributed by atoms with E-state index in [4.69, 9.17) is 27.9 Å². The van der Waals surface area contributed by atoms with E-state index >= 15 is 0 Å². The van der Waals surface area contributed by atoms with E-state index in [9.17, 15) is 13.2 Å². The van der Waals surface area contributed by atoms with Crippen LogP contribution in [0, 0.1) is 12.8 Å². The molecular weight excluding hydrogens is 551 g/mol. The Kier molecular flexibility index (Phi) is 7.84. The maximum Gasteiger partial charge on any atom is 0.243 e. The first-order chi connectivity index (χ1) is 17.7. The van der Waals surface area contributed by atoms with Crippen molar-refractivity contribution in [3.63, 3.8) is 0 Å². The lowest BCUT2D eigenvalue weighted by atomic mass is 10.0. The first-order valence-corrected chi connectivity index (χ1v) is 15.3. The van der Waals surface area contributed by atoms with Crippen molar-refractivity contribution >= 4 is 50.5 Å². The Balaban J connectivity index is 1.37. The van der Waals surface area contributed by atoms with Gasteiger partial charge in [0.1, 0.15) is 12.4 Å². The number of aryl methyl sites for hydroxylation is 1. The summed E-state index contributed by atoms with van der Waals surface area (Å²) in [5.74, 6) is 0.736. The summed E-state index contributed by atoms with van der Waals surface area (Å²) in [5.41, 5.74) is 1.97. The molecule has 3 aromatic rings. The van der Waals surface area contributed by atoms with E-state index in [1.165, 1.54) is 21.3 Å². The number of rotatable bonds is 9. The van der Waals surface area contributed by atoms with E-state index < -0.39 is 10.0 Å². The fourth-order valence-corrected chi connectivity index (χ4v) is 7.23. The molecule has 1 amide bonds. The van der Waals surface area contributed by atoms with Crippen LogP contribution in [-0.2, 0) is 21.2 Å². The normalized spacial score (nSPS) is 17.6. The highest BCUT2D eigenvalue weighted by Crippen LogP contribution is 2.36. The molecule has 196 valence electrons. The monoisotopic (exact) mass is 578 g/mol. The van der Waals surface area contributed by atoms with Gasteiger partial charge in [-0.1, -0.05) is 23.2 Å². The molecule has 1 aliphatic heterocycles. The molecule has 5 rings (SSSR count). The molecule has 1 aromatic heterocycles. The summed E-state index contributed by atoms with van der Waals surface area (Å²) in [6, 6.07) is 13.3. The Morgan fingerprint density at radius 1 is 1.14 bits per heavy atom. The Bertz CT molecular complexity index is 1390. The van der Waals surface area contributed by atoms with Crippen LogP contribution in [-0.4, -0.2) is 49.8 Å². The molecule has 37 heavy (non-hydrogen) atoms. The third-order valence-electron chi connectivity index (χ3n) is 6.87. The molecule has 1 saturated carbocycles. The van der Waals surface area contributed by atoms with E-state index in [-0.39, 0.29) is 35.9 Å². The molecule has 0 N–H and O–H groups in total. The molecule has 0 saturated heterocycles. The molecule has 0 bridgehead atoms. The van der Waals surface area contributed by atoms with Crippen LogP contribution in [0.15, 0.2) is 58.8 Å². The zero-order valence-corrected chi connectivity index (χ0v) is 23.5. The van der Waals surface area contributed by atoms with Gasteiger partial charge in [-0.15, -0.1) is 11.3 Å². The van der Waals surface area contributed by atoms with Crippen molar-refractivity contribution < 1.29 is 17.9 Å². The van der Waals surface area contributed by atoms with Crippen molar-refractivity contribution in [2.75, 3.05) is 26.2 Å². The molecular formula is C27H28Cl2N2O4S2. The number of benzene rings is 2. The average Bonchev–Trinajstić information content (AvgIpc) is 3.56. The number of thiophene rings is 1. The third-order valence-corrected chi connectivity index (χ3v) is 10.4. The molecule has 2 aromatic carbocycles. The van der Waals surface area contributed by atoms with E-state index in [0.29, 0.717) is 28.9 Å². The Hall–Kier alpha value is -2.10. The first kappa shape index (κ1) is 26.5. The van der Waals surface area contributed by atoms with E-state index in [1.54, 1.807) is 34.4 Å². The lowest BCUT2D eigenvalue weighted by Crippen LogP contribution is -2.48. The number of sulfonamides is 1. The van der Waals surface area contributed by atoms with Gasteiger partial charge in [0, 0.05) is 28.0 Å². The maximum atomic E-state index is 13.7. The maximum absolute atomic E-state index is 13.7. The van der Waals surface area contributed by atoms with Gasteiger partial charge in [-0.05, 0) is 97.1 Å². The molecule has 0 unspecified atom stereocenters. The second-order valence-electron chi connectivity index (χ2n) is 9.57. The van der Waals surface area contributed by atoms with Crippen molar-refractivity contribution in [3.05, 3.63) is 80.0 Å². The molecule has 6 nitrogen and oxygen atoms in total. The zero-order valence-electron chi connectivity index (χ0n) is 20.4. The number of halogens is 2. The highest BCUT2D eigenvalue weighted by molar-refractivity contribution is 7.89. The fraction of sp³-hybridized carbons (Fsp3) is 0.370. The van der Waals surface area contributed by atoms with Gasteiger partial charge in [-0.3, -0.25) is 4.79 Å². The lowest BCUT2D eigenvalue weighted by molar-refractivity contribution is -0.135. The summed E-state index contributed by atoms with van der Waals surface area (Å²) in [7, 11) is -3.85. The minimum Gasteiger partial charge on any atom is -0.491 e. The SMILES string of the molecule is Cc1cc(OC[C@H]2c3ccsc3CCN2C(=O)CN(CC2CC2)S(=O)(=O)c2ccc(Cl)cc2)ccc1Cl. The van der Waals surface area contributed by atoms with Crippen molar-refractivity contribution in [1.82, 2.24) is 9.21 Å². The summed E-state index contributed by atoms with van der Waals surface area (Å²) in [6.45, 7) is 2.82. The summed E-state index contributed by atoms with van der Waals surface area (Å²) >= 11 is 13.8. The van der Waals surface area contributed by atoms with Crippen LogP contribution in [0.5, 0.6) is 5.75 Å². The van der Waals surface area contributed by atoms with Crippen molar-refractivity contribution in [2.24, 2.45) is 5.92 Å². The number of carbonyl (C=O) groups is 1. The summed E-state index contributed by atoms with van der Waals surface area (Å²) < 4.78 is 34.5. The van der Waals surface area contributed by atoms with E-state index in [0.717, 1.165) is 30.4 Å². The van der Waals surface area contributed by atoms with Gasteiger partial charge in [0.15, 0.2) is 0 Å². The van der Waals surface area contributed by atoms with Crippen LogP contribution >= 0.6 is 34.5 Å². The van der Waals surface area contributed by atoms with Crippen LogP contribution in [0.3, 0.4) is 0 Å². The van der Waals surface area contributed by atoms with Crippen LogP contribution in [0.1, 0.15) is 34.9 Å². The summed E-state index contributed by atoms with van der Waals surface area (Å²) in [6.07, 6.45) is 2.68. The predicted octanol–water partition coefficient (Wildman–Crippen LogP) is 5.97. The standard InChI is InChI=1S/C27H28Cl2N2O4S2/c1-18-14-21(6-9-24(18)29)35-17-25-23-11-13-36-26(23)10-12-31(25)27(32)16-30(15-19-2-3-19)37(33,34)22-7-4-20(28)5-8-22/h4-9,11,13-14,19,25H,2-3,10,12,15-17H2,1H3/t25-/m0/s1. The number of nitrogens with zero attached hydrogens (tertiary/aromatic N) is 2. The second-order valence-corrected chi connectivity index (χ2v) is 13.4. The van der Waals surface area contributed by atoms with Gasteiger partial charge < -0.3 is 9.64 Å². The van der Waals surface area contributed by atoms with E-state index in [1.807, 2.05) is 30.5 Å². The highest BCUT2D eigenvalue weighted by atomic mass is 35.5. The van der Waals surface area contributed by atoms with Gasteiger partial charge in [-0.2, -0.15) is 4.31 Å². The van der Waals surface area contributed by atoms with Gasteiger partial charge in [0.2, 0.25) is 15.9 Å². The molecule has 2 heterocycles. The Morgan fingerprint density at radius 3 is 2.59 bits per heavy atom. The minimum atomic E-state index is -3.85. The zero-order chi connectivity index (χ0) is 26.2. The number of hydrogen-bond donors (Lipinski definition) is 0. The van der Waals surface area contributed by atoms with Crippen LogP contribution < -0.4 is 4.74 Å². The molecule has 1 atom stereocenters. The minimum absolute atomic E-state index is 0.141. The number of amides is 1. The Morgan fingerprint density at radius 2 is 1.89 bits per heavy atom. The topological polar surface area (TPSA) is 66.9 Å². The smallest absolute Gasteiger partial charge is 0.243 e. The fourth-order valence-electron chi connectivity index (χ4n) is 4.59. The molecule has 10 heteroatoms. The number of fused-ring (bicyclic) bond motifs is 1. The third kappa shape index (κ3) is 5.99. The number of carbonyl (C=O) groups excluding carboxylic acids is 1. The van der Waals surface area contributed by atoms with Crippen LogP contribution in [0.4, 0.5) is 0 Å². The Labute approximate surface area is 231 Å². The summed E-state index contributed by atoms with van der Waals surface area (Å²) in [5, 5.41) is 3.16. The summed E-state index contributed by atoms with van der Waals surface area (Å²) in [4.78, 5) is 16.9. The molecule has 0 radical (unpaired) electrons. The molecule has 2 aliphatic rings. The highest BCUT2D eigenvalue weighted by Gasteiger charge is 2.37. The predicted molar refractivity (Wildman–Crippen MR) is 147 cm³/mol. The van der Waals surface area contributed by atoms with Crippen molar-refractivity contribution in [2.45, 2.75) is 37.1 Å². The van der Waals surface area contributed by atoms with Crippen LogP contribution in [0.25, 0.3) is 0 Å². The largest absolute Gasteiger partial charge is 0.491 e. The van der Waals surface area contributed by atoms with Gasteiger partial charge in [0.25, 0.3) is 0 Å².